The zero-order valence-corrected chi connectivity index (χ0v) is 20.3. The van der Waals surface area contributed by atoms with Crippen LogP contribution >= 0.6 is 34.8 Å². The fraction of sp³-hybridized carbons (Fsp3) is 0.368. The van der Waals surface area contributed by atoms with E-state index in [1.54, 1.807) is 42.5 Å². The van der Waals surface area contributed by atoms with E-state index in [0.29, 0.717) is 5.56 Å². The van der Waals surface area contributed by atoms with E-state index in [4.69, 9.17) is 39.0 Å². The van der Waals surface area contributed by atoms with Crippen LogP contribution in [0.15, 0.2) is 59.5 Å². The van der Waals surface area contributed by atoms with Gasteiger partial charge in [0.2, 0.25) is 13.8 Å². The maximum Gasteiger partial charge on any atom is 0.336 e. The van der Waals surface area contributed by atoms with Gasteiger partial charge >= 0.3 is 10.3 Å². The lowest BCUT2D eigenvalue weighted by atomic mass is 10.0. The summed E-state index contributed by atoms with van der Waals surface area (Å²) in [5, 5.41) is 0. The summed E-state index contributed by atoms with van der Waals surface area (Å²) in [6.45, 7) is 1.30. The topological polar surface area (TPSA) is 92.8 Å². The Kier molecular flexibility index (Phi) is 7.60. The maximum absolute atomic E-state index is 13.4. The summed E-state index contributed by atoms with van der Waals surface area (Å²) in [5.74, 6) is 0. The molecule has 0 radical (unpaired) electrons. The van der Waals surface area contributed by atoms with Crippen LogP contribution in [0.25, 0.3) is 0 Å². The molecule has 0 aliphatic carbocycles. The van der Waals surface area contributed by atoms with Gasteiger partial charge in [-0.1, -0.05) is 82.8 Å². The van der Waals surface area contributed by atoms with Gasteiger partial charge in [0, 0.05) is 12.6 Å². The van der Waals surface area contributed by atoms with Gasteiger partial charge in [-0.15, -0.1) is 0 Å². The van der Waals surface area contributed by atoms with Crippen LogP contribution < -0.4 is 4.72 Å². The van der Waals surface area contributed by atoms with Crippen molar-refractivity contribution in [2.75, 3.05) is 13.2 Å². The predicted molar refractivity (Wildman–Crippen MR) is 121 cm³/mol. The van der Waals surface area contributed by atoms with Crippen LogP contribution in [-0.2, 0) is 24.5 Å². The van der Waals surface area contributed by atoms with Crippen molar-refractivity contribution in [1.29, 1.82) is 0 Å². The van der Waals surface area contributed by atoms with Crippen LogP contribution in [-0.4, -0.2) is 44.1 Å². The number of alkyl halides is 3. The molecule has 170 valence electrons. The number of rotatable bonds is 7. The van der Waals surface area contributed by atoms with Crippen LogP contribution in [0.1, 0.15) is 23.6 Å². The van der Waals surface area contributed by atoms with Crippen LogP contribution in [0.3, 0.4) is 0 Å². The second-order valence-electron chi connectivity index (χ2n) is 7.13. The first-order chi connectivity index (χ1) is 14.4. The Hall–Kier alpha value is -0.910. The minimum atomic E-state index is -4.30. The van der Waals surface area contributed by atoms with E-state index in [1.807, 2.05) is 6.92 Å². The molecule has 2 aromatic rings. The normalized spacial score (nSPS) is 20.8. The largest absolute Gasteiger partial charge is 0.336 e. The number of nitrogens with one attached hydrogen (secondary N) is 1. The highest BCUT2D eigenvalue weighted by Gasteiger charge is 2.44. The Morgan fingerprint density at radius 1 is 1.03 bits per heavy atom. The standard InChI is InChI=1S/C19H21Cl3N2O5S2/c1-14-7-9-16(10-8-14)30(25,26)24-12-11-17(18(24)15-5-3-2-4-6-15)23-31(27,28)29-13-19(20,21)22/h2-10,17-18,23H,11-13H2,1H3/t17-,18+/m1/s1. The SMILES string of the molecule is Cc1ccc(S(=O)(=O)N2CC[C@@H](NS(=O)(=O)OCC(Cl)(Cl)Cl)[C@@H]2c2ccccc2)cc1. The van der Waals surface area contributed by atoms with Crippen molar-refractivity contribution in [3.8, 4) is 0 Å². The zero-order chi connectivity index (χ0) is 22.9. The minimum absolute atomic E-state index is 0.118. The Bertz CT molecular complexity index is 1110. The van der Waals surface area contributed by atoms with Gasteiger partial charge in [0.15, 0.2) is 0 Å². The molecule has 0 saturated carbocycles. The summed E-state index contributed by atoms with van der Waals surface area (Å²) in [6.07, 6.45) is 0.237. The molecule has 1 heterocycles. The van der Waals surface area contributed by atoms with E-state index in [1.165, 1.54) is 16.4 Å². The molecule has 0 unspecified atom stereocenters. The molecule has 1 N–H and O–H groups in total. The Balaban J connectivity index is 1.92. The summed E-state index contributed by atoms with van der Waals surface area (Å²) < 4.78 is 58.1. The van der Waals surface area contributed by atoms with Crippen molar-refractivity contribution in [3.63, 3.8) is 0 Å². The zero-order valence-electron chi connectivity index (χ0n) is 16.4. The number of aryl methyl sites for hydroxylation is 1. The van der Waals surface area contributed by atoms with Gasteiger partial charge in [-0.3, -0.25) is 4.18 Å². The number of benzene rings is 2. The Labute approximate surface area is 197 Å². The predicted octanol–water partition coefficient (Wildman–Crippen LogP) is 3.72. The van der Waals surface area contributed by atoms with E-state index in [9.17, 15) is 16.8 Å². The van der Waals surface area contributed by atoms with E-state index in [-0.39, 0.29) is 17.9 Å². The van der Waals surface area contributed by atoms with E-state index in [0.717, 1.165) is 5.56 Å². The highest BCUT2D eigenvalue weighted by Crippen LogP contribution is 2.37. The van der Waals surface area contributed by atoms with Crippen LogP contribution in [0.5, 0.6) is 0 Å². The molecule has 1 fully saturated rings. The summed E-state index contributed by atoms with van der Waals surface area (Å²) in [7, 11) is -8.19. The fourth-order valence-corrected chi connectivity index (χ4v) is 6.45. The van der Waals surface area contributed by atoms with Gasteiger partial charge < -0.3 is 0 Å². The molecule has 3 rings (SSSR count). The van der Waals surface area contributed by atoms with E-state index >= 15 is 0 Å². The molecule has 1 aliphatic heterocycles. The molecule has 0 spiro atoms. The third kappa shape index (κ3) is 6.33. The first kappa shape index (κ1) is 24.7. The molecular weight excluding hydrogens is 507 g/mol. The van der Waals surface area contributed by atoms with Crippen LogP contribution in [0.2, 0.25) is 0 Å². The van der Waals surface area contributed by atoms with Crippen molar-refractivity contribution in [2.24, 2.45) is 0 Å². The van der Waals surface area contributed by atoms with E-state index < -0.39 is 42.8 Å². The van der Waals surface area contributed by atoms with Gasteiger partial charge in [0.05, 0.1) is 10.9 Å². The van der Waals surface area contributed by atoms with Gasteiger partial charge in [0.1, 0.15) is 6.61 Å². The third-order valence-electron chi connectivity index (χ3n) is 4.79. The first-order valence-electron chi connectivity index (χ1n) is 9.26. The molecular formula is C19H21Cl3N2O5S2. The second kappa shape index (κ2) is 9.52. The average Bonchev–Trinajstić information content (AvgIpc) is 3.11. The lowest BCUT2D eigenvalue weighted by Crippen LogP contribution is -2.42. The molecule has 2 atom stereocenters. The molecule has 0 amide bonds. The van der Waals surface area contributed by atoms with Crippen LogP contribution in [0.4, 0.5) is 0 Å². The van der Waals surface area contributed by atoms with Gasteiger partial charge in [-0.25, -0.2) is 8.42 Å². The number of nitrogens with zero attached hydrogens (tertiary/aromatic N) is 1. The van der Waals surface area contributed by atoms with Crippen molar-refractivity contribution < 1.29 is 21.0 Å². The van der Waals surface area contributed by atoms with Crippen molar-refractivity contribution >= 4 is 55.1 Å². The molecule has 0 aromatic heterocycles. The summed E-state index contributed by atoms with van der Waals surface area (Å²) in [6, 6.07) is 13.7. The van der Waals surface area contributed by atoms with Gasteiger partial charge in [0.25, 0.3) is 0 Å². The summed E-state index contributed by atoms with van der Waals surface area (Å²) >= 11 is 16.7. The van der Waals surface area contributed by atoms with Crippen LogP contribution in [0, 0.1) is 6.92 Å². The van der Waals surface area contributed by atoms with Gasteiger partial charge in [-0.05, 0) is 31.0 Å². The fourth-order valence-electron chi connectivity index (χ4n) is 3.42. The molecule has 31 heavy (non-hydrogen) atoms. The molecule has 2 aromatic carbocycles. The lowest BCUT2D eigenvalue weighted by Gasteiger charge is -2.28. The number of hydrogen-bond acceptors (Lipinski definition) is 5. The minimum Gasteiger partial charge on any atom is -0.254 e. The number of sulfonamides is 1. The monoisotopic (exact) mass is 526 g/mol. The first-order valence-corrected chi connectivity index (χ1v) is 13.2. The molecule has 0 bridgehead atoms. The highest BCUT2D eigenvalue weighted by molar-refractivity contribution is 7.89. The lowest BCUT2D eigenvalue weighted by molar-refractivity contribution is 0.305. The Morgan fingerprint density at radius 3 is 2.23 bits per heavy atom. The van der Waals surface area contributed by atoms with Crippen molar-refractivity contribution in [3.05, 3.63) is 65.7 Å². The molecule has 1 saturated heterocycles. The summed E-state index contributed by atoms with van der Waals surface area (Å²) in [4.78, 5) is 0.134. The quantitative estimate of drug-likeness (QED) is 0.554. The Morgan fingerprint density at radius 2 is 1.65 bits per heavy atom. The third-order valence-corrected chi connectivity index (χ3v) is 8.04. The van der Waals surface area contributed by atoms with Crippen molar-refractivity contribution in [2.45, 2.75) is 34.1 Å². The smallest absolute Gasteiger partial charge is 0.254 e. The number of hydrogen-bond donors (Lipinski definition) is 1. The highest BCUT2D eigenvalue weighted by atomic mass is 35.6. The second-order valence-corrected chi connectivity index (χ2v) is 12.9. The maximum atomic E-state index is 13.4. The van der Waals surface area contributed by atoms with Gasteiger partial charge in [-0.2, -0.15) is 17.4 Å². The summed E-state index contributed by atoms with van der Waals surface area (Å²) in [5.41, 5.74) is 1.57. The molecule has 7 nitrogen and oxygen atoms in total. The van der Waals surface area contributed by atoms with E-state index in [2.05, 4.69) is 4.72 Å². The molecule has 12 heteroatoms. The number of halogens is 3. The average molecular weight is 528 g/mol. The molecule has 1 aliphatic rings. The van der Waals surface area contributed by atoms with Crippen molar-refractivity contribution in [1.82, 2.24) is 9.03 Å².